The van der Waals surface area contributed by atoms with E-state index in [4.69, 9.17) is 14.7 Å². The predicted octanol–water partition coefficient (Wildman–Crippen LogP) is 4.36. The Bertz CT molecular complexity index is 1670. The van der Waals surface area contributed by atoms with Gasteiger partial charge in [-0.2, -0.15) is 0 Å². The fourth-order valence-electron chi connectivity index (χ4n) is 6.37. The molecule has 0 aliphatic carbocycles. The van der Waals surface area contributed by atoms with E-state index in [1.165, 1.54) is 0 Å². The molecule has 3 fully saturated rings. The molecule has 204 valence electrons. The van der Waals surface area contributed by atoms with Gasteiger partial charge in [0.05, 0.1) is 34.2 Å². The van der Waals surface area contributed by atoms with E-state index < -0.39 is 0 Å². The van der Waals surface area contributed by atoms with Crippen molar-refractivity contribution in [2.45, 2.75) is 63.6 Å². The van der Waals surface area contributed by atoms with Crippen LogP contribution in [0.15, 0.2) is 36.4 Å². The van der Waals surface area contributed by atoms with Crippen LogP contribution in [0.3, 0.4) is 0 Å². The van der Waals surface area contributed by atoms with Crippen LogP contribution in [-0.2, 0) is 14.3 Å². The normalized spacial score (nSPS) is 22.8. The van der Waals surface area contributed by atoms with E-state index in [1.807, 2.05) is 46.2 Å². The SMILES string of the molecule is CC(=O)N1CCC[C@H]1c1nc2ccc(C#Cc3ccc4nc([C@@H]5CCCN5C(=O)[C@H]5CCCO5)[nH]c4c3)cc2[nH]1. The molecule has 40 heavy (non-hydrogen) atoms. The Balaban J connectivity index is 1.10. The van der Waals surface area contributed by atoms with Gasteiger partial charge in [0.25, 0.3) is 5.91 Å². The van der Waals surface area contributed by atoms with Crippen LogP contribution in [0.5, 0.6) is 0 Å². The quantitative estimate of drug-likeness (QED) is 0.378. The Morgan fingerprint density at radius 1 is 0.825 bits per heavy atom. The van der Waals surface area contributed by atoms with Gasteiger partial charge in [0.1, 0.15) is 17.8 Å². The van der Waals surface area contributed by atoms with Crippen molar-refractivity contribution in [3.8, 4) is 11.8 Å². The summed E-state index contributed by atoms with van der Waals surface area (Å²) >= 11 is 0. The number of rotatable bonds is 3. The highest BCUT2D eigenvalue weighted by Gasteiger charge is 2.37. The van der Waals surface area contributed by atoms with E-state index >= 15 is 0 Å². The van der Waals surface area contributed by atoms with Crippen molar-refractivity contribution >= 4 is 33.9 Å². The summed E-state index contributed by atoms with van der Waals surface area (Å²) in [5.74, 6) is 8.40. The molecule has 0 unspecified atom stereocenters. The number of imidazole rings is 2. The second-order valence-corrected chi connectivity index (χ2v) is 11.0. The van der Waals surface area contributed by atoms with E-state index in [2.05, 4.69) is 21.8 Å². The van der Waals surface area contributed by atoms with Crippen molar-refractivity contribution in [3.05, 3.63) is 59.2 Å². The maximum absolute atomic E-state index is 13.0. The monoisotopic (exact) mass is 536 g/mol. The van der Waals surface area contributed by atoms with Crippen LogP contribution < -0.4 is 0 Å². The number of amides is 2. The second kappa shape index (κ2) is 10.1. The molecule has 9 nitrogen and oxygen atoms in total. The summed E-state index contributed by atoms with van der Waals surface area (Å²) in [5.41, 5.74) is 5.35. The minimum Gasteiger partial charge on any atom is -0.368 e. The molecule has 0 spiro atoms. The average molecular weight is 537 g/mol. The van der Waals surface area contributed by atoms with Gasteiger partial charge in [-0.25, -0.2) is 9.97 Å². The Kier molecular flexibility index (Phi) is 6.28. The van der Waals surface area contributed by atoms with Gasteiger partial charge in [-0.1, -0.05) is 11.8 Å². The van der Waals surface area contributed by atoms with Gasteiger partial charge in [-0.15, -0.1) is 0 Å². The molecule has 3 atom stereocenters. The van der Waals surface area contributed by atoms with Gasteiger partial charge in [-0.3, -0.25) is 9.59 Å². The van der Waals surface area contributed by atoms with Crippen LogP contribution in [0.2, 0.25) is 0 Å². The molecule has 0 bridgehead atoms. The number of carbonyl (C=O) groups excluding carboxylic acids is 2. The first-order valence-electron chi connectivity index (χ1n) is 14.2. The highest BCUT2D eigenvalue weighted by Crippen LogP contribution is 2.34. The first kappa shape index (κ1) is 24.9. The number of hydrogen-bond acceptors (Lipinski definition) is 5. The van der Waals surface area contributed by atoms with Crippen molar-refractivity contribution in [1.29, 1.82) is 0 Å². The summed E-state index contributed by atoms with van der Waals surface area (Å²) in [6, 6.07) is 11.9. The number of aromatic amines is 2. The number of nitrogens with zero attached hydrogens (tertiary/aromatic N) is 4. The summed E-state index contributed by atoms with van der Waals surface area (Å²) in [7, 11) is 0. The molecule has 9 heteroatoms. The molecular formula is C31H32N6O3. The summed E-state index contributed by atoms with van der Waals surface area (Å²) in [6.45, 7) is 3.81. The van der Waals surface area contributed by atoms with E-state index in [0.29, 0.717) is 6.61 Å². The molecule has 5 heterocycles. The number of hydrogen-bond donors (Lipinski definition) is 2. The van der Waals surface area contributed by atoms with E-state index in [9.17, 15) is 9.59 Å². The molecule has 3 saturated heterocycles. The maximum Gasteiger partial charge on any atom is 0.252 e. The van der Waals surface area contributed by atoms with Crippen LogP contribution in [-0.4, -0.2) is 67.4 Å². The summed E-state index contributed by atoms with van der Waals surface area (Å²) in [6.07, 6.45) is 5.22. The van der Waals surface area contributed by atoms with Gasteiger partial charge < -0.3 is 24.5 Å². The third-order valence-corrected chi connectivity index (χ3v) is 8.38. The molecule has 4 aromatic rings. The van der Waals surface area contributed by atoms with Crippen molar-refractivity contribution in [3.63, 3.8) is 0 Å². The number of nitrogens with one attached hydrogen (secondary N) is 2. The molecule has 2 amide bonds. The lowest BCUT2D eigenvalue weighted by Gasteiger charge is -2.25. The first-order valence-corrected chi connectivity index (χ1v) is 14.2. The molecular weight excluding hydrogens is 504 g/mol. The third kappa shape index (κ3) is 4.52. The van der Waals surface area contributed by atoms with Crippen LogP contribution in [0.1, 0.15) is 80.3 Å². The maximum atomic E-state index is 13.0. The number of aromatic nitrogens is 4. The summed E-state index contributed by atoms with van der Waals surface area (Å²) in [5, 5.41) is 0. The zero-order chi connectivity index (χ0) is 27.2. The number of benzene rings is 2. The molecule has 7 rings (SSSR count). The van der Waals surface area contributed by atoms with Crippen molar-refractivity contribution in [2.24, 2.45) is 0 Å². The van der Waals surface area contributed by atoms with E-state index in [0.717, 1.165) is 96.5 Å². The van der Waals surface area contributed by atoms with Gasteiger partial charge in [0, 0.05) is 37.7 Å². The van der Waals surface area contributed by atoms with E-state index in [-0.39, 0.29) is 30.0 Å². The van der Waals surface area contributed by atoms with Gasteiger partial charge in [0.2, 0.25) is 5.91 Å². The van der Waals surface area contributed by atoms with Gasteiger partial charge >= 0.3 is 0 Å². The first-order chi connectivity index (χ1) is 19.5. The van der Waals surface area contributed by atoms with Crippen molar-refractivity contribution < 1.29 is 14.3 Å². The fraction of sp³-hybridized carbons (Fsp3) is 0.419. The zero-order valence-electron chi connectivity index (χ0n) is 22.6. The fourth-order valence-corrected chi connectivity index (χ4v) is 6.37. The Morgan fingerprint density at radius 3 is 1.95 bits per heavy atom. The van der Waals surface area contributed by atoms with Crippen molar-refractivity contribution in [1.82, 2.24) is 29.7 Å². The molecule has 0 saturated carbocycles. The molecule has 2 aromatic heterocycles. The molecule has 3 aliphatic heterocycles. The summed E-state index contributed by atoms with van der Waals surface area (Å²) in [4.78, 5) is 45.3. The Labute approximate surface area is 232 Å². The van der Waals surface area contributed by atoms with Crippen LogP contribution >= 0.6 is 0 Å². The summed E-state index contributed by atoms with van der Waals surface area (Å²) < 4.78 is 5.65. The second-order valence-electron chi connectivity index (χ2n) is 11.0. The minimum atomic E-state index is -0.308. The van der Waals surface area contributed by atoms with Crippen LogP contribution in [0, 0.1) is 11.8 Å². The topological polar surface area (TPSA) is 107 Å². The largest absolute Gasteiger partial charge is 0.368 e. The lowest BCUT2D eigenvalue weighted by Crippen LogP contribution is -2.38. The lowest BCUT2D eigenvalue weighted by atomic mass is 10.1. The Morgan fingerprint density at radius 2 is 1.40 bits per heavy atom. The zero-order valence-corrected chi connectivity index (χ0v) is 22.6. The molecule has 2 N–H and O–H groups in total. The van der Waals surface area contributed by atoms with Crippen LogP contribution in [0.4, 0.5) is 0 Å². The van der Waals surface area contributed by atoms with E-state index in [1.54, 1.807) is 6.92 Å². The number of carbonyl (C=O) groups is 2. The standard InChI is InChI=1S/C31H32N6O3/c1-19(38)36-14-2-5-26(36)29-32-22-12-10-20(17-24(22)34-29)8-9-21-11-13-23-25(18-21)35-30(33-23)27-6-3-15-37(27)31(39)28-7-4-16-40-28/h10-13,17-18,26-28H,2-7,14-16H2,1H3,(H,32,34)(H,33,35)/t26-,27-,28+/m0/s1. The smallest absolute Gasteiger partial charge is 0.252 e. The highest BCUT2D eigenvalue weighted by molar-refractivity contribution is 5.82. The van der Waals surface area contributed by atoms with Crippen LogP contribution in [0.25, 0.3) is 22.1 Å². The highest BCUT2D eigenvalue weighted by atomic mass is 16.5. The molecule has 0 radical (unpaired) electrons. The number of fused-ring (bicyclic) bond motifs is 2. The number of ether oxygens (including phenoxy) is 1. The molecule has 3 aliphatic rings. The minimum absolute atomic E-state index is 0.0101. The van der Waals surface area contributed by atoms with Crippen molar-refractivity contribution in [2.75, 3.05) is 19.7 Å². The predicted molar refractivity (Wildman–Crippen MR) is 150 cm³/mol. The average Bonchev–Trinajstić information content (AvgIpc) is 3.79. The Hall–Kier alpha value is -4.16. The lowest BCUT2D eigenvalue weighted by molar-refractivity contribution is -0.142. The third-order valence-electron chi connectivity index (χ3n) is 8.38. The number of likely N-dealkylation sites (tertiary alicyclic amines) is 2. The van der Waals surface area contributed by atoms with Gasteiger partial charge in [0.15, 0.2) is 0 Å². The number of H-pyrrole nitrogens is 2. The molecule has 2 aromatic carbocycles. The van der Waals surface area contributed by atoms with Gasteiger partial charge in [-0.05, 0) is 74.9 Å².